The van der Waals surface area contributed by atoms with E-state index in [1.807, 2.05) is 41.3 Å². The third kappa shape index (κ3) is 4.56. The number of aliphatic hydroxyl groups is 1. The van der Waals surface area contributed by atoms with E-state index in [-0.39, 0.29) is 19.0 Å². The minimum absolute atomic E-state index is 0.0653. The van der Waals surface area contributed by atoms with Gasteiger partial charge in [0, 0.05) is 30.1 Å². The maximum Gasteiger partial charge on any atom is 0.252 e. The summed E-state index contributed by atoms with van der Waals surface area (Å²) in [5.74, 6) is 2.67. The Bertz CT molecular complexity index is 1350. The number of aliphatic hydroxyl groups excluding tert-OH is 1. The molecular formula is C23H24N6O5. The van der Waals surface area contributed by atoms with Gasteiger partial charge in [-0.15, -0.1) is 5.10 Å². The summed E-state index contributed by atoms with van der Waals surface area (Å²) >= 11 is 0. The number of pyridine rings is 1. The van der Waals surface area contributed by atoms with Crippen molar-refractivity contribution in [2.75, 3.05) is 27.1 Å². The quantitative estimate of drug-likeness (QED) is 0.377. The van der Waals surface area contributed by atoms with Crippen molar-refractivity contribution >= 4 is 10.9 Å². The van der Waals surface area contributed by atoms with Gasteiger partial charge in [0.05, 0.1) is 32.3 Å². The van der Waals surface area contributed by atoms with Crippen LogP contribution in [-0.4, -0.2) is 62.3 Å². The molecule has 2 aromatic carbocycles. The second-order valence-corrected chi connectivity index (χ2v) is 7.95. The number of fused-ring (bicyclic) bond motifs is 2. The Hall–Kier alpha value is -3.96. The van der Waals surface area contributed by atoms with Gasteiger partial charge in [0.1, 0.15) is 5.75 Å². The van der Waals surface area contributed by atoms with Gasteiger partial charge in [-0.3, -0.25) is 9.69 Å². The Morgan fingerprint density at radius 3 is 2.71 bits per heavy atom. The number of aromatic nitrogens is 5. The number of nitrogens with zero attached hydrogens (tertiary/aromatic N) is 5. The van der Waals surface area contributed by atoms with Crippen LogP contribution in [-0.2, 0) is 19.6 Å². The van der Waals surface area contributed by atoms with Crippen LogP contribution in [0.3, 0.4) is 0 Å². The summed E-state index contributed by atoms with van der Waals surface area (Å²) in [7, 11) is 1.62. The van der Waals surface area contributed by atoms with Crippen LogP contribution < -0.4 is 19.8 Å². The number of nitrogens with one attached hydrogen (secondary N) is 1. The highest BCUT2D eigenvalue weighted by Gasteiger charge is 2.18. The van der Waals surface area contributed by atoms with Crippen LogP contribution in [0.5, 0.6) is 17.2 Å². The van der Waals surface area contributed by atoms with E-state index in [0.29, 0.717) is 54.6 Å². The first kappa shape index (κ1) is 21.9. The zero-order valence-electron chi connectivity index (χ0n) is 18.6. The van der Waals surface area contributed by atoms with Crippen molar-refractivity contribution in [1.29, 1.82) is 0 Å². The highest BCUT2D eigenvalue weighted by atomic mass is 16.7. The van der Waals surface area contributed by atoms with Crippen molar-refractivity contribution in [2.24, 2.45) is 0 Å². The third-order valence-corrected chi connectivity index (χ3v) is 5.69. The lowest BCUT2D eigenvalue weighted by atomic mass is 10.1. The topological polar surface area (TPSA) is 128 Å². The average molecular weight is 464 g/mol. The summed E-state index contributed by atoms with van der Waals surface area (Å²) in [4.78, 5) is 17.6. The van der Waals surface area contributed by atoms with E-state index in [1.165, 1.54) is 0 Å². The van der Waals surface area contributed by atoms with Crippen LogP contribution in [0.25, 0.3) is 10.9 Å². The van der Waals surface area contributed by atoms with Crippen molar-refractivity contribution in [3.8, 4) is 17.2 Å². The molecule has 2 N–H and O–H groups in total. The zero-order chi connectivity index (χ0) is 23.5. The second-order valence-electron chi connectivity index (χ2n) is 7.95. The molecule has 34 heavy (non-hydrogen) atoms. The number of ether oxygens (including phenoxy) is 3. The molecule has 2 aromatic heterocycles. The van der Waals surface area contributed by atoms with Crippen LogP contribution in [0.2, 0.25) is 0 Å². The molecule has 11 heteroatoms. The predicted octanol–water partition coefficient (Wildman–Crippen LogP) is 1.29. The van der Waals surface area contributed by atoms with E-state index < -0.39 is 0 Å². The smallest absolute Gasteiger partial charge is 0.252 e. The number of hydrogen-bond acceptors (Lipinski definition) is 9. The van der Waals surface area contributed by atoms with E-state index in [9.17, 15) is 9.90 Å². The van der Waals surface area contributed by atoms with Gasteiger partial charge in [0.25, 0.3) is 5.56 Å². The van der Waals surface area contributed by atoms with Crippen molar-refractivity contribution in [3.63, 3.8) is 0 Å². The lowest BCUT2D eigenvalue weighted by Crippen LogP contribution is -2.30. The van der Waals surface area contributed by atoms with Gasteiger partial charge in [-0.25, -0.2) is 4.68 Å². The van der Waals surface area contributed by atoms with Gasteiger partial charge in [-0.05, 0) is 40.3 Å². The van der Waals surface area contributed by atoms with Crippen molar-refractivity contribution < 1.29 is 19.3 Å². The molecule has 11 nitrogen and oxygen atoms in total. The molecule has 0 fully saturated rings. The summed E-state index contributed by atoms with van der Waals surface area (Å²) in [5, 5.41) is 22.5. The number of aromatic amines is 1. The second kappa shape index (κ2) is 9.49. The number of hydrogen-bond donors (Lipinski definition) is 2. The summed E-state index contributed by atoms with van der Waals surface area (Å²) < 4.78 is 17.8. The number of methoxy groups -OCH3 is 1. The highest BCUT2D eigenvalue weighted by molar-refractivity contribution is 5.83. The van der Waals surface area contributed by atoms with Crippen molar-refractivity contribution in [1.82, 2.24) is 30.1 Å². The van der Waals surface area contributed by atoms with Gasteiger partial charge in [-0.2, -0.15) is 0 Å². The SMILES string of the molecule is COc1ccc(Cn2nnnc2CN(CCO)Cc2cc3cc4c(cc3[nH]c2=O)OCO4)cc1. The molecule has 0 radical (unpaired) electrons. The summed E-state index contributed by atoms with van der Waals surface area (Å²) in [6.45, 7) is 1.62. The molecule has 5 rings (SSSR count). The summed E-state index contributed by atoms with van der Waals surface area (Å²) in [6, 6.07) is 13.1. The van der Waals surface area contributed by atoms with Crippen LogP contribution in [0, 0.1) is 0 Å². The summed E-state index contributed by atoms with van der Waals surface area (Å²) in [6.07, 6.45) is 0. The fourth-order valence-corrected chi connectivity index (χ4v) is 3.92. The van der Waals surface area contributed by atoms with Crippen molar-refractivity contribution in [2.45, 2.75) is 19.6 Å². The molecule has 0 aliphatic carbocycles. The molecule has 1 aliphatic rings. The summed E-state index contributed by atoms with van der Waals surface area (Å²) in [5.41, 5.74) is 2.06. The first-order chi connectivity index (χ1) is 16.6. The number of benzene rings is 2. The van der Waals surface area contributed by atoms with Gasteiger partial charge in [-0.1, -0.05) is 12.1 Å². The fraction of sp³-hybridized carbons (Fsp3) is 0.304. The lowest BCUT2D eigenvalue weighted by Gasteiger charge is -2.20. The van der Waals surface area contributed by atoms with Crippen LogP contribution in [0.4, 0.5) is 0 Å². The molecule has 0 atom stereocenters. The fourth-order valence-electron chi connectivity index (χ4n) is 3.92. The van der Waals surface area contributed by atoms with Crippen LogP contribution in [0.15, 0.2) is 47.3 Å². The first-order valence-electron chi connectivity index (χ1n) is 10.8. The Kier molecular flexibility index (Phi) is 6.11. The molecule has 0 saturated heterocycles. The van der Waals surface area contributed by atoms with Gasteiger partial charge in [0.2, 0.25) is 6.79 Å². The Labute approximate surface area is 194 Å². The maximum atomic E-state index is 12.8. The van der Waals surface area contributed by atoms with Gasteiger partial charge < -0.3 is 24.3 Å². The minimum Gasteiger partial charge on any atom is -0.497 e. The monoisotopic (exact) mass is 464 g/mol. The molecule has 0 spiro atoms. The number of H-pyrrole nitrogens is 1. The Morgan fingerprint density at radius 2 is 1.94 bits per heavy atom. The first-order valence-corrected chi connectivity index (χ1v) is 10.8. The van der Waals surface area contributed by atoms with Crippen LogP contribution in [0.1, 0.15) is 17.0 Å². The average Bonchev–Trinajstić information content (AvgIpc) is 3.48. The number of tetrazole rings is 1. The predicted molar refractivity (Wildman–Crippen MR) is 122 cm³/mol. The minimum atomic E-state index is -0.202. The van der Waals surface area contributed by atoms with E-state index in [4.69, 9.17) is 14.2 Å². The van der Waals surface area contributed by atoms with Gasteiger partial charge in [0.15, 0.2) is 17.3 Å². The molecule has 0 bridgehead atoms. The van der Waals surface area contributed by atoms with Crippen molar-refractivity contribution in [3.05, 3.63) is 69.8 Å². The van der Waals surface area contributed by atoms with Crippen LogP contribution >= 0.6 is 0 Å². The standard InChI is InChI=1S/C23H24N6O5/c1-32-18-4-2-15(3-5-18)11-29-22(25-26-27-29)13-28(6-7-30)12-17-8-16-9-20-21(34-14-33-20)10-19(16)24-23(17)31/h2-5,8-10,30H,6-7,11-14H2,1H3,(H,24,31). The highest BCUT2D eigenvalue weighted by Crippen LogP contribution is 2.35. The Balaban J connectivity index is 1.35. The van der Waals surface area contributed by atoms with E-state index in [0.717, 1.165) is 16.7 Å². The molecule has 0 unspecified atom stereocenters. The Morgan fingerprint density at radius 1 is 1.15 bits per heavy atom. The molecular weight excluding hydrogens is 440 g/mol. The van der Waals surface area contributed by atoms with E-state index in [2.05, 4.69) is 20.5 Å². The largest absolute Gasteiger partial charge is 0.497 e. The molecule has 4 aromatic rings. The van der Waals surface area contributed by atoms with E-state index in [1.54, 1.807) is 17.9 Å². The molecule has 0 saturated carbocycles. The molecule has 0 amide bonds. The molecule has 3 heterocycles. The molecule has 176 valence electrons. The number of rotatable bonds is 9. The molecule has 1 aliphatic heterocycles. The van der Waals surface area contributed by atoms with E-state index >= 15 is 0 Å². The van der Waals surface area contributed by atoms with Gasteiger partial charge >= 0.3 is 0 Å². The zero-order valence-corrected chi connectivity index (χ0v) is 18.6. The lowest BCUT2D eigenvalue weighted by molar-refractivity contribution is 0.174. The normalized spacial score (nSPS) is 12.6. The maximum absolute atomic E-state index is 12.8. The third-order valence-electron chi connectivity index (χ3n) is 5.69.